The maximum atomic E-state index is 13.1. The van der Waals surface area contributed by atoms with Crippen LogP contribution in [0.15, 0.2) is 41.4 Å². The highest BCUT2D eigenvalue weighted by molar-refractivity contribution is 5.92. The van der Waals surface area contributed by atoms with Gasteiger partial charge in [0.25, 0.3) is 0 Å². The quantitative estimate of drug-likeness (QED) is 0.483. The molecule has 2 aromatic carbocycles. The lowest BCUT2D eigenvalue weighted by atomic mass is 10.1. The van der Waals surface area contributed by atoms with Gasteiger partial charge in [-0.3, -0.25) is 4.99 Å². The second-order valence-corrected chi connectivity index (χ2v) is 5.11. The number of rotatable bonds is 6. The molecule has 0 unspecified atom stereocenters. The first-order valence-corrected chi connectivity index (χ1v) is 7.28. The first-order valence-electron chi connectivity index (χ1n) is 7.28. The molecule has 0 heterocycles. The Kier molecular flexibility index (Phi) is 6.20. The van der Waals surface area contributed by atoms with Crippen molar-refractivity contribution in [1.29, 1.82) is 0 Å². The van der Waals surface area contributed by atoms with Gasteiger partial charge in [0.2, 0.25) is 0 Å². The molecule has 4 nitrogen and oxygen atoms in total. The SMILES string of the molecule is COCc1ccccc1NC(N)=NCCc1cc(F)c(F)c(F)c1. The lowest BCUT2D eigenvalue weighted by Crippen LogP contribution is -2.23. The maximum Gasteiger partial charge on any atom is 0.194 e. The summed E-state index contributed by atoms with van der Waals surface area (Å²) >= 11 is 0. The van der Waals surface area contributed by atoms with Crippen molar-refractivity contribution >= 4 is 11.6 Å². The Hall–Kier alpha value is -2.54. The number of nitrogens with two attached hydrogens (primary N) is 1. The van der Waals surface area contributed by atoms with Crippen molar-refractivity contribution in [1.82, 2.24) is 0 Å². The molecule has 0 saturated heterocycles. The van der Waals surface area contributed by atoms with Gasteiger partial charge in [-0.05, 0) is 30.2 Å². The summed E-state index contributed by atoms with van der Waals surface area (Å²) in [5.41, 5.74) is 7.80. The number of hydrogen-bond donors (Lipinski definition) is 2. The van der Waals surface area contributed by atoms with E-state index in [1.807, 2.05) is 24.3 Å². The molecule has 0 radical (unpaired) electrons. The van der Waals surface area contributed by atoms with Gasteiger partial charge in [0.1, 0.15) is 0 Å². The first-order chi connectivity index (χ1) is 11.5. The lowest BCUT2D eigenvalue weighted by molar-refractivity contribution is 0.185. The lowest BCUT2D eigenvalue weighted by Gasteiger charge is -2.10. The zero-order valence-corrected chi connectivity index (χ0v) is 13.2. The summed E-state index contributed by atoms with van der Waals surface area (Å²) in [4.78, 5) is 4.10. The van der Waals surface area contributed by atoms with Gasteiger partial charge in [-0.1, -0.05) is 18.2 Å². The molecule has 2 rings (SSSR count). The van der Waals surface area contributed by atoms with Crippen LogP contribution in [0.5, 0.6) is 0 Å². The number of nitrogens with zero attached hydrogens (tertiary/aromatic N) is 1. The molecule has 128 valence electrons. The number of guanidine groups is 1. The van der Waals surface area contributed by atoms with Gasteiger partial charge in [0.15, 0.2) is 23.4 Å². The van der Waals surface area contributed by atoms with Crippen LogP contribution in [0.25, 0.3) is 0 Å². The first kappa shape index (κ1) is 17.8. The van der Waals surface area contributed by atoms with Gasteiger partial charge >= 0.3 is 0 Å². The van der Waals surface area contributed by atoms with Crippen molar-refractivity contribution in [2.45, 2.75) is 13.0 Å². The third kappa shape index (κ3) is 4.73. The standard InChI is InChI=1S/C17H18F3N3O/c1-24-10-12-4-2-3-5-15(12)23-17(21)22-7-6-11-8-13(18)16(20)14(19)9-11/h2-5,8-9H,6-7,10H2,1H3,(H3,21,22,23). The molecule has 0 bridgehead atoms. The molecule has 2 aromatic rings. The van der Waals surface area contributed by atoms with E-state index in [4.69, 9.17) is 10.5 Å². The Labute approximate surface area is 138 Å². The second-order valence-electron chi connectivity index (χ2n) is 5.11. The van der Waals surface area contributed by atoms with Crippen LogP contribution in [0.3, 0.4) is 0 Å². The third-order valence-electron chi connectivity index (χ3n) is 3.31. The third-order valence-corrected chi connectivity index (χ3v) is 3.31. The topological polar surface area (TPSA) is 59.6 Å². The number of para-hydroxylation sites is 1. The van der Waals surface area contributed by atoms with Crippen LogP contribution < -0.4 is 11.1 Å². The van der Waals surface area contributed by atoms with E-state index < -0.39 is 17.5 Å². The largest absolute Gasteiger partial charge is 0.380 e. The van der Waals surface area contributed by atoms with E-state index in [1.54, 1.807) is 7.11 Å². The summed E-state index contributed by atoms with van der Waals surface area (Å²) in [7, 11) is 1.59. The molecule has 24 heavy (non-hydrogen) atoms. The number of anilines is 1. The number of nitrogens with one attached hydrogen (secondary N) is 1. The molecule has 0 aliphatic carbocycles. The Balaban J connectivity index is 1.97. The fourth-order valence-electron chi connectivity index (χ4n) is 2.16. The van der Waals surface area contributed by atoms with E-state index in [9.17, 15) is 13.2 Å². The fraction of sp³-hybridized carbons (Fsp3) is 0.235. The molecule has 0 aliphatic rings. The molecule has 0 amide bonds. The van der Waals surface area contributed by atoms with Crippen molar-refractivity contribution in [3.05, 3.63) is 65.0 Å². The molecular weight excluding hydrogens is 319 g/mol. The number of hydrogen-bond acceptors (Lipinski definition) is 2. The summed E-state index contributed by atoms with van der Waals surface area (Å²) in [6, 6.07) is 9.35. The Morgan fingerprint density at radius 1 is 1.17 bits per heavy atom. The molecule has 0 aromatic heterocycles. The summed E-state index contributed by atoms with van der Waals surface area (Å²) in [6.07, 6.45) is 0.232. The van der Waals surface area contributed by atoms with Crippen molar-refractivity contribution in [2.24, 2.45) is 10.7 Å². The van der Waals surface area contributed by atoms with Crippen molar-refractivity contribution in [2.75, 3.05) is 19.0 Å². The van der Waals surface area contributed by atoms with Crippen molar-refractivity contribution < 1.29 is 17.9 Å². The predicted molar refractivity (Wildman–Crippen MR) is 87.3 cm³/mol. The molecule has 7 heteroatoms. The number of methoxy groups -OCH3 is 1. The minimum atomic E-state index is -1.47. The molecule has 0 saturated carbocycles. The van der Waals surface area contributed by atoms with Gasteiger partial charge in [0, 0.05) is 24.9 Å². The van der Waals surface area contributed by atoms with Gasteiger partial charge < -0.3 is 15.8 Å². The van der Waals surface area contributed by atoms with Crippen LogP contribution >= 0.6 is 0 Å². The number of ether oxygens (including phenoxy) is 1. The Morgan fingerprint density at radius 3 is 2.50 bits per heavy atom. The number of halogens is 3. The summed E-state index contributed by atoms with van der Waals surface area (Å²) < 4.78 is 44.2. The Morgan fingerprint density at radius 2 is 1.83 bits per heavy atom. The van der Waals surface area contributed by atoms with Crippen LogP contribution in [0.4, 0.5) is 18.9 Å². The molecule has 0 spiro atoms. The summed E-state index contributed by atoms with van der Waals surface area (Å²) in [5.74, 6) is -3.73. The Bertz CT molecular complexity index is 712. The minimum absolute atomic E-state index is 0.168. The highest BCUT2D eigenvalue weighted by atomic mass is 19.2. The zero-order valence-electron chi connectivity index (χ0n) is 13.2. The maximum absolute atomic E-state index is 13.1. The smallest absolute Gasteiger partial charge is 0.194 e. The second kappa shape index (κ2) is 8.35. The van der Waals surface area contributed by atoms with Crippen LogP contribution in [0, 0.1) is 17.5 Å². The molecule has 3 N–H and O–H groups in total. The van der Waals surface area contributed by atoms with Crippen molar-refractivity contribution in [3.63, 3.8) is 0 Å². The monoisotopic (exact) mass is 337 g/mol. The van der Waals surface area contributed by atoms with Gasteiger partial charge in [-0.25, -0.2) is 13.2 Å². The van der Waals surface area contributed by atoms with Crippen LogP contribution in [0.1, 0.15) is 11.1 Å². The summed E-state index contributed by atoms with van der Waals surface area (Å²) in [6.45, 7) is 0.625. The van der Waals surface area contributed by atoms with E-state index in [0.29, 0.717) is 12.2 Å². The van der Waals surface area contributed by atoms with E-state index in [2.05, 4.69) is 10.3 Å². The highest BCUT2D eigenvalue weighted by Gasteiger charge is 2.10. The highest BCUT2D eigenvalue weighted by Crippen LogP contribution is 2.16. The van der Waals surface area contributed by atoms with E-state index in [0.717, 1.165) is 23.4 Å². The zero-order chi connectivity index (χ0) is 17.5. The van der Waals surface area contributed by atoms with Crippen molar-refractivity contribution in [3.8, 4) is 0 Å². The van der Waals surface area contributed by atoms with Gasteiger partial charge in [-0.15, -0.1) is 0 Å². The molecule has 0 fully saturated rings. The minimum Gasteiger partial charge on any atom is -0.380 e. The van der Waals surface area contributed by atoms with E-state index >= 15 is 0 Å². The van der Waals surface area contributed by atoms with Gasteiger partial charge in [0.05, 0.1) is 6.61 Å². The van der Waals surface area contributed by atoms with Crippen LogP contribution in [-0.2, 0) is 17.8 Å². The van der Waals surface area contributed by atoms with Crippen LogP contribution in [0.2, 0.25) is 0 Å². The average Bonchev–Trinajstić information content (AvgIpc) is 2.54. The normalized spacial score (nSPS) is 11.6. The van der Waals surface area contributed by atoms with E-state index in [-0.39, 0.29) is 18.9 Å². The van der Waals surface area contributed by atoms with Crippen LogP contribution in [-0.4, -0.2) is 19.6 Å². The fourth-order valence-corrected chi connectivity index (χ4v) is 2.16. The summed E-state index contributed by atoms with van der Waals surface area (Å²) in [5, 5.41) is 2.95. The number of benzene rings is 2. The molecule has 0 atom stereocenters. The average molecular weight is 337 g/mol. The molecule has 0 aliphatic heterocycles. The molecular formula is C17H18F3N3O. The van der Waals surface area contributed by atoms with Gasteiger partial charge in [-0.2, -0.15) is 0 Å². The predicted octanol–water partition coefficient (Wildman–Crippen LogP) is 3.22. The van der Waals surface area contributed by atoms with E-state index in [1.165, 1.54) is 0 Å². The number of aliphatic imine (C=N–C) groups is 1.